The molecule has 0 bridgehead atoms. The first kappa shape index (κ1) is 19.5. The molecule has 0 fully saturated rings. The van der Waals surface area contributed by atoms with E-state index in [1.165, 1.54) is 12.1 Å². The lowest BCUT2D eigenvalue weighted by molar-refractivity contribution is -0.115. The van der Waals surface area contributed by atoms with E-state index in [9.17, 15) is 9.18 Å². The van der Waals surface area contributed by atoms with Gasteiger partial charge in [-0.3, -0.25) is 4.79 Å². The van der Waals surface area contributed by atoms with E-state index in [0.717, 1.165) is 0 Å². The summed E-state index contributed by atoms with van der Waals surface area (Å²) in [6, 6.07) is 7.95. The number of rotatable bonds is 7. The predicted octanol–water partition coefficient (Wildman–Crippen LogP) is 5.22. The van der Waals surface area contributed by atoms with Crippen LogP contribution in [0.3, 0.4) is 0 Å². The van der Waals surface area contributed by atoms with Crippen LogP contribution in [-0.2, 0) is 11.2 Å². The normalized spacial score (nSPS) is 10.4. The number of anilines is 1. The molecule has 2 aromatic carbocycles. The van der Waals surface area contributed by atoms with Gasteiger partial charge >= 0.3 is 0 Å². The highest BCUT2D eigenvalue weighted by atomic mass is 79.9. The van der Waals surface area contributed by atoms with Crippen molar-refractivity contribution in [3.63, 3.8) is 0 Å². The van der Waals surface area contributed by atoms with E-state index < -0.39 is 5.82 Å². The van der Waals surface area contributed by atoms with Crippen molar-refractivity contribution >= 4 is 39.1 Å². The molecule has 1 amide bonds. The highest BCUT2D eigenvalue weighted by Gasteiger charge is 2.15. The molecule has 2 rings (SSSR count). The molecule has 2 aromatic rings. The van der Waals surface area contributed by atoms with Gasteiger partial charge < -0.3 is 14.8 Å². The van der Waals surface area contributed by atoms with Crippen molar-refractivity contribution in [2.45, 2.75) is 20.3 Å². The Morgan fingerprint density at radius 3 is 2.48 bits per heavy atom. The lowest BCUT2D eigenvalue weighted by Crippen LogP contribution is -2.16. The Hall–Kier alpha value is -1.79. The fourth-order valence-electron chi connectivity index (χ4n) is 2.22. The first-order chi connectivity index (χ1) is 12.0. The van der Waals surface area contributed by atoms with Crippen molar-refractivity contribution in [3.8, 4) is 11.5 Å². The number of ether oxygens (including phenoxy) is 2. The second kappa shape index (κ2) is 9.06. The number of nitrogens with one attached hydrogen (secondary N) is 1. The van der Waals surface area contributed by atoms with Gasteiger partial charge in [0.05, 0.1) is 30.3 Å². The number of carbonyl (C=O) groups is 1. The number of halogens is 3. The minimum absolute atomic E-state index is 0.0407. The van der Waals surface area contributed by atoms with Crippen molar-refractivity contribution in [2.24, 2.45) is 0 Å². The van der Waals surface area contributed by atoms with Gasteiger partial charge in [0, 0.05) is 4.47 Å². The first-order valence-electron chi connectivity index (χ1n) is 7.78. The second-order valence-electron chi connectivity index (χ2n) is 5.08. The molecule has 0 saturated heterocycles. The lowest BCUT2D eigenvalue weighted by Gasteiger charge is -2.14. The molecule has 25 heavy (non-hydrogen) atoms. The van der Waals surface area contributed by atoms with Gasteiger partial charge in [-0.2, -0.15) is 0 Å². The molecule has 0 aliphatic rings. The smallest absolute Gasteiger partial charge is 0.228 e. The van der Waals surface area contributed by atoms with Crippen molar-refractivity contribution in [1.82, 2.24) is 0 Å². The standard InChI is InChI=1S/C18H18BrClFNO3/c1-3-24-15-8-11(12(19)10-16(15)25-4-2)9-17(23)22-14-7-5-6-13(20)18(14)21/h5-8,10H,3-4,9H2,1-2H3,(H,22,23). The van der Waals surface area contributed by atoms with E-state index in [4.69, 9.17) is 21.1 Å². The lowest BCUT2D eigenvalue weighted by atomic mass is 10.1. The van der Waals surface area contributed by atoms with Gasteiger partial charge in [-0.25, -0.2) is 4.39 Å². The summed E-state index contributed by atoms with van der Waals surface area (Å²) in [6.45, 7) is 4.72. The second-order valence-corrected chi connectivity index (χ2v) is 6.34. The quantitative estimate of drug-likeness (QED) is 0.655. The molecule has 0 aliphatic carbocycles. The Morgan fingerprint density at radius 2 is 1.84 bits per heavy atom. The zero-order valence-electron chi connectivity index (χ0n) is 13.9. The summed E-state index contributed by atoms with van der Waals surface area (Å²) < 4.78 is 25.7. The molecule has 0 heterocycles. The van der Waals surface area contributed by atoms with Gasteiger partial charge in [0.25, 0.3) is 0 Å². The van der Waals surface area contributed by atoms with Crippen LogP contribution in [0.15, 0.2) is 34.8 Å². The molecule has 0 radical (unpaired) electrons. The van der Waals surface area contributed by atoms with E-state index in [1.54, 1.807) is 18.2 Å². The molecule has 7 heteroatoms. The molecule has 0 atom stereocenters. The van der Waals surface area contributed by atoms with Gasteiger partial charge in [-0.1, -0.05) is 33.6 Å². The van der Waals surface area contributed by atoms with E-state index in [2.05, 4.69) is 21.2 Å². The Balaban J connectivity index is 2.19. The van der Waals surface area contributed by atoms with Crippen LogP contribution in [0.1, 0.15) is 19.4 Å². The van der Waals surface area contributed by atoms with Gasteiger partial charge in [-0.05, 0) is 43.7 Å². The number of benzene rings is 2. The summed E-state index contributed by atoms with van der Waals surface area (Å²) in [5, 5.41) is 2.48. The Labute approximate surface area is 159 Å². The zero-order valence-corrected chi connectivity index (χ0v) is 16.2. The van der Waals surface area contributed by atoms with E-state index >= 15 is 0 Å². The molecule has 0 aromatic heterocycles. The van der Waals surface area contributed by atoms with Crippen LogP contribution in [0.2, 0.25) is 5.02 Å². The monoisotopic (exact) mass is 429 g/mol. The zero-order chi connectivity index (χ0) is 18.4. The molecule has 0 aliphatic heterocycles. The van der Waals surface area contributed by atoms with Crippen LogP contribution in [0.25, 0.3) is 0 Å². The number of amides is 1. The predicted molar refractivity (Wildman–Crippen MR) is 100 cm³/mol. The summed E-state index contributed by atoms with van der Waals surface area (Å²) >= 11 is 9.15. The summed E-state index contributed by atoms with van der Waals surface area (Å²) in [6.07, 6.45) is 0.0407. The first-order valence-corrected chi connectivity index (χ1v) is 8.95. The van der Waals surface area contributed by atoms with Crippen molar-refractivity contribution in [2.75, 3.05) is 18.5 Å². The Morgan fingerprint density at radius 1 is 1.20 bits per heavy atom. The molecule has 1 N–H and O–H groups in total. The topological polar surface area (TPSA) is 47.6 Å². The Kier molecular flexibility index (Phi) is 7.08. The van der Waals surface area contributed by atoms with Crippen molar-refractivity contribution < 1.29 is 18.7 Å². The fraction of sp³-hybridized carbons (Fsp3) is 0.278. The summed E-state index contributed by atoms with van der Waals surface area (Å²) in [5.41, 5.74) is 0.747. The van der Waals surface area contributed by atoms with Gasteiger partial charge in [0.2, 0.25) is 5.91 Å². The molecular formula is C18H18BrClFNO3. The average molecular weight is 431 g/mol. The van der Waals surface area contributed by atoms with Crippen molar-refractivity contribution in [3.05, 3.63) is 51.2 Å². The van der Waals surface area contributed by atoms with Gasteiger partial charge in [0.1, 0.15) is 0 Å². The maximum atomic E-state index is 13.9. The van der Waals surface area contributed by atoms with Crippen molar-refractivity contribution in [1.29, 1.82) is 0 Å². The molecule has 0 saturated carbocycles. The van der Waals surface area contributed by atoms with Gasteiger partial charge in [-0.15, -0.1) is 0 Å². The third kappa shape index (κ3) is 5.09. The van der Waals surface area contributed by atoms with E-state index in [1.807, 2.05) is 13.8 Å². The highest BCUT2D eigenvalue weighted by molar-refractivity contribution is 9.10. The summed E-state index contributed by atoms with van der Waals surface area (Å²) in [4.78, 5) is 12.3. The molecule has 0 unspecified atom stereocenters. The SMILES string of the molecule is CCOc1cc(Br)c(CC(=O)Nc2cccc(Cl)c2F)cc1OCC. The minimum Gasteiger partial charge on any atom is -0.490 e. The minimum atomic E-state index is -0.654. The van der Waals surface area contributed by atoms with Gasteiger partial charge in [0.15, 0.2) is 17.3 Å². The molecular weight excluding hydrogens is 413 g/mol. The summed E-state index contributed by atoms with van der Waals surface area (Å²) in [5.74, 6) is 0.136. The van der Waals surface area contributed by atoms with Crippen LogP contribution in [0, 0.1) is 5.82 Å². The van der Waals surface area contributed by atoms with Crippen LogP contribution in [0.4, 0.5) is 10.1 Å². The van der Waals surface area contributed by atoms with E-state index in [0.29, 0.717) is 34.7 Å². The van der Waals surface area contributed by atoms with Crippen LogP contribution < -0.4 is 14.8 Å². The van der Waals surface area contributed by atoms with Crippen LogP contribution >= 0.6 is 27.5 Å². The molecule has 134 valence electrons. The number of hydrogen-bond donors (Lipinski definition) is 1. The Bertz CT molecular complexity index is 770. The van der Waals surface area contributed by atoms with E-state index in [-0.39, 0.29) is 23.0 Å². The molecule has 4 nitrogen and oxygen atoms in total. The van der Waals surface area contributed by atoms with Crippen LogP contribution in [0.5, 0.6) is 11.5 Å². The third-order valence-electron chi connectivity index (χ3n) is 3.29. The fourth-order valence-corrected chi connectivity index (χ4v) is 2.85. The number of carbonyl (C=O) groups excluding carboxylic acids is 1. The maximum Gasteiger partial charge on any atom is 0.228 e. The van der Waals surface area contributed by atoms with Crippen LogP contribution in [-0.4, -0.2) is 19.1 Å². The highest BCUT2D eigenvalue weighted by Crippen LogP contribution is 2.34. The maximum absolute atomic E-state index is 13.9. The summed E-state index contributed by atoms with van der Waals surface area (Å²) in [7, 11) is 0. The third-order valence-corrected chi connectivity index (χ3v) is 4.32. The average Bonchev–Trinajstić information content (AvgIpc) is 2.56. The molecule has 0 spiro atoms. The number of hydrogen-bond acceptors (Lipinski definition) is 3. The largest absolute Gasteiger partial charge is 0.490 e.